The van der Waals surface area contributed by atoms with E-state index >= 15 is 0 Å². The topological polar surface area (TPSA) is 15.3 Å². The van der Waals surface area contributed by atoms with Gasteiger partial charge in [-0.2, -0.15) is 0 Å². The van der Waals surface area contributed by atoms with Gasteiger partial charge in [-0.15, -0.1) is 0 Å². The minimum absolute atomic E-state index is 0.946. The molecule has 0 spiro atoms. The third-order valence-electron chi connectivity index (χ3n) is 2.85. The van der Waals surface area contributed by atoms with Gasteiger partial charge in [-0.3, -0.25) is 0 Å². The summed E-state index contributed by atoms with van der Waals surface area (Å²) in [6.07, 6.45) is 2.53. The van der Waals surface area contributed by atoms with Crippen LogP contribution in [0.2, 0.25) is 0 Å². The molecular weight excluding hydrogens is 220 g/mol. The molecule has 0 heterocycles. The lowest BCUT2D eigenvalue weighted by molar-refractivity contribution is 0.731. The molecule has 0 radical (unpaired) electrons. The fourth-order valence-electron chi connectivity index (χ4n) is 1.85. The zero-order chi connectivity index (χ0) is 13.8. The van der Waals surface area contributed by atoms with E-state index in [2.05, 4.69) is 48.3 Å². The smallest absolute Gasteiger partial charge is 0.0366 e. The number of unbranched alkanes of at least 4 members (excludes halogenated alkanes) is 1. The van der Waals surface area contributed by atoms with E-state index in [0.29, 0.717) is 0 Å². The van der Waals surface area contributed by atoms with Crippen LogP contribution in [-0.4, -0.2) is 20.1 Å². The molecular formula is C16H30N2. The standard InChI is InChI=1S/C14H24N2.C2H6/c1-4-6-11-16(5-2)14-9-7-13(8-10-14)12-15-3;1-2/h7-10,15H,4-6,11-12H2,1-3H3;1-2H3. The zero-order valence-electron chi connectivity index (χ0n) is 12.8. The maximum atomic E-state index is 3.17. The minimum Gasteiger partial charge on any atom is -0.372 e. The van der Waals surface area contributed by atoms with Crippen molar-refractivity contribution in [2.45, 2.75) is 47.1 Å². The van der Waals surface area contributed by atoms with Crippen molar-refractivity contribution in [3.8, 4) is 0 Å². The molecule has 2 heteroatoms. The monoisotopic (exact) mass is 250 g/mol. The van der Waals surface area contributed by atoms with Gasteiger partial charge in [0, 0.05) is 25.3 Å². The molecule has 0 unspecified atom stereocenters. The van der Waals surface area contributed by atoms with Gasteiger partial charge in [-0.25, -0.2) is 0 Å². The normalized spacial score (nSPS) is 9.61. The SMILES string of the molecule is CC.CCCCN(CC)c1ccc(CNC)cc1. The predicted molar refractivity (Wildman–Crippen MR) is 83.3 cm³/mol. The lowest BCUT2D eigenvalue weighted by Crippen LogP contribution is -2.23. The van der Waals surface area contributed by atoms with E-state index in [1.807, 2.05) is 20.9 Å². The molecule has 0 amide bonds. The summed E-state index contributed by atoms with van der Waals surface area (Å²) in [6.45, 7) is 11.7. The highest BCUT2D eigenvalue weighted by molar-refractivity contribution is 5.47. The van der Waals surface area contributed by atoms with Gasteiger partial charge in [-0.05, 0) is 38.1 Å². The van der Waals surface area contributed by atoms with Gasteiger partial charge in [0.05, 0.1) is 0 Å². The Kier molecular flexibility index (Phi) is 10.5. The third-order valence-corrected chi connectivity index (χ3v) is 2.85. The van der Waals surface area contributed by atoms with Crippen LogP contribution in [0.1, 0.15) is 46.1 Å². The van der Waals surface area contributed by atoms with Crippen molar-refractivity contribution >= 4 is 5.69 Å². The van der Waals surface area contributed by atoms with Crippen molar-refractivity contribution in [3.05, 3.63) is 29.8 Å². The van der Waals surface area contributed by atoms with E-state index in [-0.39, 0.29) is 0 Å². The molecule has 1 aromatic carbocycles. The summed E-state index contributed by atoms with van der Waals surface area (Å²) in [4.78, 5) is 2.44. The maximum absolute atomic E-state index is 3.17. The molecule has 1 rings (SSSR count). The highest BCUT2D eigenvalue weighted by Crippen LogP contribution is 2.15. The van der Waals surface area contributed by atoms with Gasteiger partial charge in [0.15, 0.2) is 0 Å². The Morgan fingerprint density at radius 2 is 1.67 bits per heavy atom. The second-order valence-electron chi connectivity index (χ2n) is 4.13. The first-order chi connectivity index (χ1) is 8.81. The summed E-state index contributed by atoms with van der Waals surface area (Å²) in [5.41, 5.74) is 2.69. The van der Waals surface area contributed by atoms with E-state index in [9.17, 15) is 0 Å². The first kappa shape index (κ1) is 17.0. The first-order valence-corrected chi connectivity index (χ1v) is 7.30. The van der Waals surface area contributed by atoms with Gasteiger partial charge in [0.1, 0.15) is 0 Å². The van der Waals surface area contributed by atoms with Crippen LogP contribution in [0.3, 0.4) is 0 Å². The van der Waals surface area contributed by atoms with Crippen LogP contribution < -0.4 is 10.2 Å². The fourth-order valence-corrected chi connectivity index (χ4v) is 1.85. The van der Waals surface area contributed by atoms with Crippen molar-refractivity contribution < 1.29 is 0 Å². The van der Waals surface area contributed by atoms with E-state index < -0.39 is 0 Å². The number of nitrogens with one attached hydrogen (secondary N) is 1. The Labute approximate surface area is 113 Å². The lowest BCUT2D eigenvalue weighted by atomic mass is 10.2. The van der Waals surface area contributed by atoms with E-state index in [1.165, 1.54) is 30.6 Å². The Balaban J connectivity index is 0.00000137. The molecule has 0 bridgehead atoms. The Bertz CT molecular complexity index is 280. The highest BCUT2D eigenvalue weighted by Gasteiger charge is 2.02. The Morgan fingerprint density at radius 1 is 1.06 bits per heavy atom. The Hall–Kier alpha value is -1.02. The molecule has 0 atom stereocenters. The average Bonchev–Trinajstić information content (AvgIpc) is 2.44. The summed E-state index contributed by atoms with van der Waals surface area (Å²) < 4.78 is 0. The molecule has 1 N–H and O–H groups in total. The van der Waals surface area contributed by atoms with E-state index in [4.69, 9.17) is 0 Å². The van der Waals surface area contributed by atoms with Crippen LogP contribution in [0.5, 0.6) is 0 Å². The fraction of sp³-hybridized carbons (Fsp3) is 0.625. The number of hydrogen-bond acceptors (Lipinski definition) is 2. The summed E-state index contributed by atoms with van der Waals surface area (Å²) in [7, 11) is 1.98. The molecule has 0 saturated carbocycles. The average molecular weight is 250 g/mol. The summed E-state index contributed by atoms with van der Waals surface area (Å²) in [6, 6.07) is 8.87. The van der Waals surface area contributed by atoms with Crippen LogP contribution in [0.15, 0.2) is 24.3 Å². The van der Waals surface area contributed by atoms with Gasteiger partial charge in [-0.1, -0.05) is 39.3 Å². The van der Waals surface area contributed by atoms with Gasteiger partial charge < -0.3 is 10.2 Å². The second kappa shape index (κ2) is 11.1. The van der Waals surface area contributed by atoms with Crippen molar-refractivity contribution in [2.75, 3.05) is 25.0 Å². The molecule has 0 aliphatic rings. The number of nitrogens with zero attached hydrogens (tertiary/aromatic N) is 1. The van der Waals surface area contributed by atoms with Crippen LogP contribution in [0.25, 0.3) is 0 Å². The molecule has 104 valence electrons. The molecule has 0 saturated heterocycles. The predicted octanol–water partition coefficient (Wildman–Crippen LogP) is 4.06. The van der Waals surface area contributed by atoms with Gasteiger partial charge in [0.25, 0.3) is 0 Å². The minimum atomic E-state index is 0.946. The van der Waals surface area contributed by atoms with Crippen molar-refractivity contribution in [3.63, 3.8) is 0 Å². The van der Waals surface area contributed by atoms with Crippen LogP contribution in [-0.2, 0) is 6.54 Å². The molecule has 0 fully saturated rings. The second-order valence-corrected chi connectivity index (χ2v) is 4.13. The van der Waals surface area contributed by atoms with Crippen LogP contribution in [0, 0.1) is 0 Å². The third kappa shape index (κ3) is 6.06. The summed E-state index contributed by atoms with van der Waals surface area (Å²) in [5.74, 6) is 0. The summed E-state index contributed by atoms with van der Waals surface area (Å²) >= 11 is 0. The largest absolute Gasteiger partial charge is 0.372 e. The number of hydrogen-bond donors (Lipinski definition) is 1. The first-order valence-electron chi connectivity index (χ1n) is 7.30. The number of benzene rings is 1. The molecule has 18 heavy (non-hydrogen) atoms. The van der Waals surface area contributed by atoms with Crippen molar-refractivity contribution in [1.82, 2.24) is 5.32 Å². The van der Waals surface area contributed by atoms with Crippen LogP contribution in [0.4, 0.5) is 5.69 Å². The number of rotatable bonds is 7. The summed E-state index contributed by atoms with van der Waals surface area (Å²) in [5, 5.41) is 3.17. The van der Waals surface area contributed by atoms with Crippen molar-refractivity contribution in [1.29, 1.82) is 0 Å². The molecule has 2 nitrogen and oxygen atoms in total. The molecule has 0 aliphatic heterocycles. The molecule has 1 aromatic rings. The maximum Gasteiger partial charge on any atom is 0.0366 e. The quantitative estimate of drug-likeness (QED) is 0.785. The lowest BCUT2D eigenvalue weighted by Gasteiger charge is -2.23. The molecule has 0 aliphatic carbocycles. The molecule has 0 aromatic heterocycles. The van der Waals surface area contributed by atoms with Crippen LogP contribution >= 0.6 is 0 Å². The van der Waals surface area contributed by atoms with Gasteiger partial charge in [0.2, 0.25) is 0 Å². The highest BCUT2D eigenvalue weighted by atomic mass is 15.1. The van der Waals surface area contributed by atoms with E-state index in [1.54, 1.807) is 0 Å². The van der Waals surface area contributed by atoms with Gasteiger partial charge >= 0.3 is 0 Å². The number of anilines is 1. The van der Waals surface area contributed by atoms with Crippen molar-refractivity contribution in [2.24, 2.45) is 0 Å². The van der Waals surface area contributed by atoms with E-state index in [0.717, 1.165) is 13.1 Å². The Morgan fingerprint density at radius 3 is 2.11 bits per heavy atom. The zero-order valence-corrected chi connectivity index (χ0v) is 12.8.